The molecule has 0 fully saturated rings. The van der Waals surface area contributed by atoms with E-state index in [2.05, 4.69) is 37.3 Å². The number of phenolic OH excluding ortho intramolecular Hbond substituents is 1. The van der Waals surface area contributed by atoms with E-state index >= 15 is 0 Å². The molecule has 10 nitrogen and oxygen atoms in total. The van der Waals surface area contributed by atoms with Crippen LogP contribution in [-0.2, 0) is 0 Å². The predicted molar refractivity (Wildman–Crippen MR) is 127 cm³/mol. The molecule has 164 valence electrons. The van der Waals surface area contributed by atoms with Crippen molar-refractivity contribution >= 4 is 66.0 Å². The van der Waals surface area contributed by atoms with Gasteiger partial charge in [0.05, 0.1) is 26.9 Å². The molecule has 3 aromatic rings. The number of halogens is 2. The van der Waals surface area contributed by atoms with E-state index in [9.17, 15) is 25.3 Å². The quantitative estimate of drug-likeness (QED) is 0.216. The molecule has 0 unspecified atom stereocenters. The van der Waals surface area contributed by atoms with Crippen LogP contribution in [0.5, 0.6) is 5.75 Å². The summed E-state index contributed by atoms with van der Waals surface area (Å²) in [6.07, 6.45) is 0. The van der Waals surface area contributed by atoms with Crippen LogP contribution < -0.4 is 15.6 Å². The predicted octanol–water partition coefficient (Wildman–Crippen LogP) is 6.25. The van der Waals surface area contributed by atoms with E-state index in [1.54, 1.807) is 12.1 Å². The number of hydrogen-bond acceptors (Lipinski definition) is 8. The van der Waals surface area contributed by atoms with Crippen molar-refractivity contribution in [3.05, 3.63) is 82.8 Å². The van der Waals surface area contributed by atoms with E-state index in [0.29, 0.717) is 20.3 Å². The number of fused-ring (bicyclic) bond motifs is 1. The molecule has 0 aromatic heterocycles. The van der Waals surface area contributed by atoms with Crippen LogP contribution in [0.4, 0.5) is 34.1 Å². The molecule has 0 saturated carbocycles. The van der Waals surface area contributed by atoms with Gasteiger partial charge >= 0.3 is 11.4 Å². The topological polar surface area (TPSA) is 125 Å². The molecule has 12 heteroatoms. The van der Waals surface area contributed by atoms with Crippen LogP contribution in [0.1, 0.15) is 11.1 Å². The summed E-state index contributed by atoms with van der Waals surface area (Å²) in [6, 6.07) is 12.0. The Kier molecular flexibility index (Phi) is 5.42. The molecule has 0 bridgehead atoms. The summed E-state index contributed by atoms with van der Waals surface area (Å²) < 4.78 is 1.32. The van der Waals surface area contributed by atoms with Crippen molar-refractivity contribution in [1.29, 1.82) is 0 Å². The Labute approximate surface area is 198 Å². The molecule has 0 aliphatic carbocycles. The summed E-state index contributed by atoms with van der Waals surface area (Å²) in [5, 5.41) is 36.9. The first-order valence-corrected chi connectivity index (χ1v) is 10.8. The lowest BCUT2D eigenvalue weighted by atomic mass is 10.1. The normalized spacial score (nSPS) is 12.5. The highest BCUT2D eigenvalue weighted by atomic mass is 79.9. The van der Waals surface area contributed by atoms with Gasteiger partial charge in [-0.15, -0.1) is 0 Å². The molecule has 1 aliphatic rings. The molecule has 1 aliphatic heterocycles. The zero-order valence-corrected chi connectivity index (χ0v) is 19.8. The third kappa shape index (κ3) is 3.50. The number of nitrogens with one attached hydrogen (secondary N) is 1. The van der Waals surface area contributed by atoms with Crippen LogP contribution in [-0.4, -0.2) is 15.0 Å². The summed E-state index contributed by atoms with van der Waals surface area (Å²) in [4.78, 5) is 21.7. The minimum Gasteiger partial charge on any atom is -0.497 e. The minimum atomic E-state index is -1.02. The number of anilines is 4. The second-order valence-corrected chi connectivity index (χ2v) is 8.86. The maximum absolute atomic E-state index is 12.0. The average Bonchev–Trinajstić information content (AvgIpc) is 3.05. The highest BCUT2D eigenvalue weighted by Crippen LogP contribution is 2.55. The van der Waals surface area contributed by atoms with E-state index < -0.39 is 27.0 Å². The van der Waals surface area contributed by atoms with E-state index in [1.807, 2.05) is 38.1 Å². The molecule has 0 radical (unpaired) electrons. The Morgan fingerprint density at radius 3 is 1.97 bits per heavy atom. The van der Waals surface area contributed by atoms with Gasteiger partial charge in [0.25, 0.3) is 5.75 Å². The molecule has 1 heterocycles. The Morgan fingerprint density at radius 1 is 0.906 bits per heavy atom. The number of rotatable bonds is 4. The largest absolute Gasteiger partial charge is 0.497 e. The summed E-state index contributed by atoms with van der Waals surface area (Å²) >= 11 is 7.03. The van der Waals surface area contributed by atoms with Crippen LogP contribution in [0.3, 0.4) is 0 Å². The fourth-order valence-corrected chi connectivity index (χ4v) is 4.80. The van der Waals surface area contributed by atoms with Gasteiger partial charge in [0.15, 0.2) is 5.69 Å². The number of aryl methyl sites for hydroxylation is 2. The number of nitro groups is 2. The first kappa shape index (κ1) is 21.8. The smallest absolute Gasteiger partial charge is 0.345 e. The van der Waals surface area contributed by atoms with Crippen LogP contribution in [0.2, 0.25) is 0 Å². The van der Waals surface area contributed by atoms with Crippen molar-refractivity contribution in [2.45, 2.75) is 13.8 Å². The van der Waals surface area contributed by atoms with Crippen LogP contribution in [0.15, 0.2) is 51.4 Å². The van der Waals surface area contributed by atoms with Crippen molar-refractivity contribution in [2.75, 3.05) is 15.6 Å². The number of benzene rings is 3. The monoisotopic (exact) mass is 563 g/mol. The first-order chi connectivity index (χ1) is 15.1. The number of nitro benzene ring substituents is 2. The number of hydrogen-bond donors (Lipinski definition) is 2. The minimum absolute atomic E-state index is 0.0323. The van der Waals surface area contributed by atoms with Gasteiger partial charge in [0, 0.05) is 15.0 Å². The van der Waals surface area contributed by atoms with E-state index in [1.165, 1.54) is 10.1 Å². The maximum atomic E-state index is 12.0. The van der Waals surface area contributed by atoms with Gasteiger partial charge in [-0.05, 0) is 81.1 Å². The van der Waals surface area contributed by atoms with E-state index in [0.717, 1.165) is 17.2 Å². The SMILES string of the molecule is Cc1ccc(N2Nc3cc([N+](=O)[O-])c(O)c([N+](=O)[O-])c3N2c2ccc(C)cc2Br)c(Br)c1. The lowest BCUT2D eigenvalue weighted by Crippen LogP contribution is -2.39. The van der Waals surface area contributed by atoms with Gasteiger partial charge in [0.1, 0.15) is 0 Å². The Morgan fingerprint density at radius 2 is 1.47 bits per heavy atom. The molecular weight excluding hydrogens is 550 g/mol. The van der Waals surface area contributed by atoms with Crippen LogP contribution in [0, 0.1) is 34.1 Å². The average molecular weight is 565 g/mol. The molecular formula is C20H15Br2N5O5. The van der Waals surface area contributed by atoms with Gasteiger partial charge in [-0.2, -0.15) is 5.12 Å². The zero-order valence-electron chi connectivity index (χ0n) is 16.7. The summed E-state index contributed by atoms with van der Waals surface area (Å²) in [7, 11) is 0. The third-order valence-corrected chi connectivity index (χ3v) is 6.18. The molecule has 0 saturated heterocycles. The highest BCUT2D eigenvalue weighted by molar-refractivity contribution is 9.11. The number of phenols is 1. The highest BCUT2D eigenvalue weighted by Gasteiger charge is 2.43. The standard InChI is InChI=1S/C20H15Br2N5O5/c1-10-3-5-15(12(21)7-10)24-18-14(9-17(26(29)30)20(28)19(18)27(31)32)23-25(24)16-6-4-11(2)8-13(16)22/h3-9,23,28H,1-2H3. The van der Waals surface area contributed by atoms with Crippen molar-refractivity contribution in [2.24, 2.45) is 0 Å². The molecule has 0 spiro atoms. The lowest BCUT2D eigenvalue weighted by molar-refractivity contribution is -0.395. The molecule has 4 rings (SSSR count). The molecule has 0 amide bonds. The van der Waals surface area contributed by atoms with Crippen molar-refractivity contribution in [1.82, 2.24) is 0 Å². The number of hydrazine groups is 2. The van der Waals surface area contributed by atoms with E-state index in [4.69, 9.17) is 0 Å². The molecule has 2 N–H and O–H groups in total. The van der Waals surface area contributed by atoms with Crippen molar-refractivity contribution in [3.63, 3.8) is 0 Å². The van der Waals surface area contributed by atoms with Gasteiger partial charge in [-0.3, -0.25) is 25.7 Å². The molecule has 0 atom stereocenters. The van der Waals surface area contributed by atoms with E-state index in [-0.39, 0.29) is 11.4 Å². The Balaban J connectivity index is 2.05. The summed E-state index contributed by atoms with van der Waals surface area (Å²) in [5.74, 6) is -1.02. The lowest BCUT2D eigenvalue weighted by Gasteiger charge is -2.32. The van der Waals surface area contributed by atoms with Gasteiger partial charge in [-0.25, -0.2) is 5.01 Å². The number of aromatic hydroxyl groups is 1. The van der Waals surface area contributed by atoms with Gasteiger partial charge in [0.2, 0.25) is 0 Å². The van der Waals surface area contributed by atoms with Crippen molar-refractivity contribution < 1.29 is 15.0 Å². The van der Waals surface area contributed by atoms with Crippen molar-refractivity contribution in [3.8, 4) is 5.75 Å². The van der Waals surface area contributed by atoms with Gasteiger partial charge < -0.3 is 5.11 Å². The van der Waals surface area contributed by atoms with Gasteiger partial charge in [-0.1, -0.05) is 12.1 Å². The van der Waals surface area contributed by atoms with Crippen LogP contribution in [0.25, 0.3) is 0 Å². The first-order valence-electron chi connectivity index (χ1n) is 9.18. The Hall–Kier alpha value is -3.38. The second kappa shape index (κ2) is 7.95. The zero-order chi connectivity index (χ0) is 23.3. The maximum Gasteiger partial charge on any atom is 0.345 e. The third-order valence-electron chi connectivity index (χ3n) is 4.91. The Bertz CT molecular complexity index is 1300. The number of nitrogens with zero attached hydrogens (tertiary/aromatic N) is 4. The molecule has 3 aromatic carbocycles. The van der Waals surface area contributed by atoms with Crippen LogP contribution >= 0.6 is 31.9 Å². The fraction of sp³-hybridized carbons (Fsp3) is 0.100. The molecule has 32 heavy (non-hydrogen) atoms. The second-order valence-electron chi connectivity index (χ2n) is 7.15. The summed E-state index contributed by atoms with van der Waals surface area (Å²) in [6.45, 7) is 3.82. The summed E-state index contributed by atoms with van der Waals surface area (Å²) in [5.41, 5.74) is 4.58. The fourth-order valence-electron chi connectivity index (χ4n) is 3.47.